The molecule has 0 saturated heterocycles. The predicted molar refractivity (Wildman–Crippen MR) is 167 cm³/mol. The molecule has 0 saturated carbocycles. The molecule has 0 fully saturated rings. The first-order chi connectivity index (χ1) is 21.8. The van der Waals surface area contributed by atoms with Gasteiger partial charge in [-0.3, -0.25) is 4.79 Å². The number of hydrogen-bond donors (Lipinski definition) is 5. The van der Waals surface area contributed by atoms with Crippen molar-refractivity contribution in [1.82, 2.24) is 25.0 Å². The molecular formula is C28H25Cl2F3N8O4S. The largest absolute Gasteiger partial charge is 0.446 e. The van der Waals surface area contributed by atoms with Crippen LogP contribution < -0.4 is 26.0 Å². The fourth-order valence-corrected chi connectivity index (χ4v) is 5.22. The van der Waals surface area contributed by atoms with Gasteiger partial charge in [0, 0.05) is 36.3 Å². The van der Waals surface area contributed by atoms with Gasteiger partial charge < -0.3 is 21.3 Å². The van der Waals surface area contributed by atoms with Gasteiger partial charge in [-0.15, -0.1) is 0 Å². The number of aryl methyl sites for hydroxylation is 2. The lowest BCUT2D eigenvalue weighted by atomic mass is 10.0. The number of urea groups is 1. The molecule has 6 bridgehead atoms. The summed E-state index contributed by atoms with van der Waals surface area (Å²) in [5.74, 6) is 0.849. The Morgan fingerprint density at radius 2 is 1.72 bits per heavy atom. The first-order valence-corrected chi connectivity index (χ1v) is 15.5. The van der Waals surface area contributed by atoms with E-state index in [1.54, 1.807) is 12.1 Å². The van der Waals surface area contributed by atoms with E-state index >= 15 is 0 Å². The molecule has 0 aliphatic carbocycles. The molecule has 242 valence electrons. The summed E-state index contributed by atoms with van der Waals surface area (Å²) in [4.78, 5) is 33.9. The van der Waals surface area contributed by atoms with Crippen molar-refractivity contribution in [2.75, 3.05) is 29.0 Å². The van der Waals surface area contributed by atoms with E-state index in [-0.39, 0.29) is 23.1 Å². The van der Waals surface area contributed by atoms with Gasteiger partial charge in [0.05, 0.1) is 6.20 Å². The van der Waals surface area contributed by atoms with Crippen molar-refractivity contribution in [1.29, 1.82) is 0 Å². The van der Waals surface area contributed by atoms with Crippen molar-refractivity contribution in [2.24, 2.45) is 0 Å². The highest BCUT2D eigenvalue weighted by atomic mass is 35.5. The van der Waals surface area contributed by atoms with Crippen LogP contribution in [0.4, 0.5) is 46.8 Å². The zero-order valence-electron chi connectivity index (χ0n) is 23.5. The highest BCUT2D eigenvalue weighted by Gasteiger charge is 2.25. The van der Waals surface area contributed by atoms with Crippen LogP contribution in [-0.4, -0.2) is 55.0 Å². The van der Waals surface area contributed by atoms with Crippen molar-refractivity contribution in [3.63, 3.8) is 0 Å². The van der Waals surface area contributed by atoms with Crippen molar-refractivity contribution < 1.29 is 31.2 Å². The van der Waals surface area contributed by atoms with E-state index in [0.29, 0.717) is 28.9 Å². The summed E-state index contributed by atoms with van der Waals surface area (Å²) in [6, 6.07) is 15.7. The third kappa shape index (κ3) is 10.3. The summed E-state index contributed by atoms with van der Waals surface area (Å²) >= 11 is 12.0. The van der Waals surface area contributed by atoms with Crippen LogP contribution in [0.3, 0.4) is 0 Å². The van der Waals surface area contributed by atoms with Crippen LogP contribution in [0.25, 0.3) is 0 Å². The topological polar surface area (TPSA) is 167 Å². The van der Waals surface area contributed by atoms with Gasteiger partial charge in [0.15, 0.2) is 5.82 Å². The van der Waals surface area contributed by atoms with Crippen LogP contribution in [-0.2, 0) is 27.7 Å². The number of rotatable bonds is 6. The molecule has 2 amide bonds. The van der Waals surface area contributed by atoms with Crippen LogP contribution in [0, 0.1) is 0 Å². The third-order valence-electron chi connectivity index (χ3n) is 6.07. The number of nitrogens with one attached hydrogen (secondary N) is 5. The maximum absolute atomic E-state index is 12.7. The number of benzene rings is 2. The summed E-state index contributed by atoms with van der Waals surface area (Å²) in [6.45, 7) is 0.0511. The Hall–Kier alpha value is -4.51. The van der Waals surface area contributed by atoms with Crippen LogP contribution in [0.5, 0.6) is 0 Å². The fourth-order valence-electron chi connectivity index (χ4n) is 4.00. The minimum atomic E-state index is -4.64. The standard InChI is InChI=1S/C26H24Cl2N8O3S.C2HF3O/c27-21-15-31-25-34-18-3-1-2-16(12-18)4-5-17-13-19(33-24(21)36-25)6-8-22(17)35-26(37)29-10-11-32-40(38,39)20-7-9-23(28)30-14-20;3-2(4,5)1-6/h1-3,6-9,12-15,32H,4-5,10-11H2,(H2,29,35,37)(H2,31,33,34,36);1H. The second-order valence-electron chi connectivity index (χ2n) is 9.47. The fraction of sp³-hybridized carbons (Fsp3) is 0.179. The molecular weight excluding hydrogens is 672 g/mol. The Morgan fingerprint density at radius 1 is 0.957 bits per heavy atom. The number of alkyl halides is 3. The second kappa shape index (κ2) is 15.2. The highest BCUT2D eigenvalue weighted by molar-refractivity contribution is 7.89. The van der Waals surface area contributed by atoms with Gasteiger partial charge in [0.25, 0.3) is 0 Å². The highest BCUT2D eigenvalue weighted by Crippen LogP contribution is 2.29. The first kappa shape index (κ1) is 34.4. The average Bonchev–Trinajstić information content (AvgIpc) is 3.01. The number of sulfonamides is 1. The monoisotopic (exact) mass is 696 g/mol. The van der Waals surface area contributed by atoms with Crippen molar-refractivity contribution >= 4 is 74.4 Å². The minimum absolute atomic E-state index is 0.0137. The molecule has 0 atom stereocenters. The van der Waals surface area contributed by atoms with Crippen molar-refractivity contribution in [3.05, 3.63) is 88.3 Å². The number of hydrogen-bond acceptors (Lipinski definition) is 9. The third-order valence-corrected chi connectivity index (χ3v) is 8.02. The van der Waals surface area contributed by atoms with Gasteiger partial charge in [0.1, 0.15) is 15.1 Å². The molecule has 2 aromatic carbocycles. The summed E-state index contributed by atoms with van der Waals surface area (Å²) < 4.78 is 58.4. The van der Waals surface area contributed by atoms with Gasteiger partial charge in [-0.25, -0.2) is 27.9 Å². The number of halogens is 5. The van der Waals surface area contributed by atoms with E-state index < -0.39 is 28.5 Å². The Kier molecular flexibility index (Phi) is 11.3. The number of carbonyl (C=O) groups is 2. The summed E-state index contributed by atoms with van der Waals surface area (Å²) in [7, 11) is -3.78. The number of nitrogens with zero attached hydrogens (tertiary/aromatic N) is 3. The number of amides is 2. The smallest absolute Gasteiger partial charge is 0.339 e. The Bertz CT molecular complexity index is 1810. The van der Waals surface area contributed by atoms with E-state index in [1.807, 2.05) is 30.3 Å². The molecule has 1 aliphatic heterocycles. The Labute approximate surface area is 271 Å². The lowest BCUT2D eigenvalue weighted by molar-refractivity contribution is -0.156. The van der Waals surface area contributed by atoms with Gasteiger partial charge in [-0.2, -0.15) is 18.2 Å². The van der Waals surface area contributed by atoms with Crippen LogP contribution in [0.2, 0.25) is 10.2 Å². The molecule has 46 heavy (non-hydrogen) atoms. The lowest BCUT2D eigenvalue weighted by Gasteiger charge is -2.15. The molecule has 1 aliphatic rings. The first-order valence-electron chi connectivity index (χ1n) is 13.3. The van der Waals surface area contributed by atoms with E-state index in [0.717, 1.165) is 28.9 Å². The number of aldehydes is 1. The lowest BCUT2D eigenvalue weighted by Crippen LogP contribution is -2.37. The van der Waals surface area contributed by atoms with Gasteiger partial charge in [-0.1, -0.05) is 35.3 Å². The minimum Gasteiger partial charge on any atom is -0.339 e. The SMILES string of the molecule is O=C(NCCNS(=O)(=O)c1ccc(Cl)nc1)Nc1ccc2cc1CCc1cccc(c1)Nc1ncc(Cl)c(n1)N2.O=CC(F)(F)F. The zero-order chi connectivity index (χ0) is 33.3. The molecule has 4 aromatic rings. The molecule has 5 N–H and O–H groups in total. The van der Waals surface area contributed by atoms with Crippen molar-refractivity contribution in [3.8, 4) is 0 Å². The van der Waals surface area contributed by atoms with Crippen LogP contribution in [0.15, 0.2) is 71.9 Å². The molecule has 0 radical (unpaired) electrons. The van der Waals surface area contributed by atoms with E-state index in [9.17, 15) is 26.4 Å². The van der Waals surface area contributed by atoms with E-state index in [2.05, 4.69) is 40.9 Å². The number of fused-ring (bicyclic) bond motifs is 6. The van der Waals surface area contributed by atoms with Crippen LogP contribution >= 0.6 is 23.2 Å². The van der Waals surface area contributed by atoms with Crippen LogP contribution in [0.1, 0.15) is 11.1 Å². The zero-order valence-corrected chi connectivity index (χ0v) is 25.9. The molecule has 0 spiro atoms. The summed E-state index contributed by atoms with van der Waals surface area (Å²) in [5, 5.41) is 12.5. The molecule has 0 unspecified atom stereocenters. The second-order valence-corrected chi connectivity index (χ2v) is 12.0. The molecule has 3 heterocycles. The van der Waals surface area contributed by atoms with Gasteiger partial charge in [-0.05, 0) is 66.4 Å². The molecule has 2 aromatic heterocycles. The van der Waals surface area contributed by atoms with Crippen molar-refractivity contribution in [2.45, 2.75) is 23.9 Å². The average molecular weight is 698 g/mol. The summed E-state index contributed by atoms with van der Waals surface area (Å²) in [5.41, 5.74) is 4.19. The maximum Gasteiger partial charge on any atom is 0.446 e. The molecule has 12 nitrogen and oxygen atoms in total. The van der Waals surface area contributed by atoms with Gasteiger partial charge in [0.2, 0.25) is 22.3 Å². The maximum atomic E-state index is 12.7. The number of carbonyl (C=O) groups excluding carboxylic acids is 2. The van der Waals surface area contributed by atoms with E-state index in [1.165, 1.54) is 24.5 Å². The predicted octanol–water partition coefficient (Wildman–Crippen LogP) is 5.61. The molecule has 5 rings (SSSR count). The Balaban J connectivity index is 0.000000731. The number of pyridine rings is 1. The molecule has 18 heteroatoms. The normalized spacial score (nSPS) is 12.4. The quantitative estimate of drug-likeness (QED) is 0.0978. The number of aromatic nitrogens is 3. The van der Waals surface area contributed by atoms with E-state index in [4.69, 9.17) is 28.0 Å². The summed E-state index contributed by atoms with van der Waals surface area (Å²) in [6.07, 6.45) is -1.65. The Morgan fingerprint density at radius 3 is 2.43 bits per heavy atom. The van der Waals surface area contributed by atoms with Gasteiger partial charge >= 0.3 is 12.2 Å². The number of anilines is 5.